The van der Waals surface area contributed by atoms with Gasteiger partial charge in [-0.2, -0.15) is 14.9 Å². The van der Waals surface area contributed by atoms with Crippen LogP contribution in [-0.4, -0.2) is 50.2 Å². The molecular weight excluding hydrogens is 424 g/mol. The van der Waals surface area contributed by atoms with Gasteiger partial charge < -0.3 is 4.90 Å². The Morgan fingerprint density at radius 3 is 2.32 bits per heavy atom. The fourth-order valence-corrected chi connectivity index (χ4v) is 4.24. The van der Waals surface area contributed by atoms with Gasteiger partial charge in [-0.05, 0) is 56.5 Å². The van der Waals surface area contributed by atoms with E-state index in [-0.39, 0.29) is 5.41 Å². The molecule has 0 radical (unpaired) electrons. The molecule has 1 aromatic carbocycles. The number of nitrogens with zero attached hydrogens (tertiary/aromatic N) is 8. The number of benzene rings is 1. The standard InChI is InChI=1S/C26H36N8/c1-9-10-11-12-21-17(2)30-33(18(21)3)25-29-28-24-22(23(26(4,5)6)31-34(24)25)27-19-13-15-20(16-14-19)32(7)8/h13-16H,9-12H2,1-8H3. The third-order valence-corrected chi connectivity index (χ3v) is 6.24. The zero-order chi connectivity index (χ0) is 24.6. The Balaban J connectivity index is 1.77. The Morgan fingerprint density at radius 2 is 1.71 bits per heavy atom. The summed E-state index contributed by atoms with van der Waals surface area (Å²) in [7, 11) is 4.06. The number of anilines is 1. The quantitative estimate of drug-likeness (QED) is 0.451. The van der Waals surface area contributed by atoms with Crippen LogP contribution in [-0.2, 0) is 6.42 Å². The van der Waals surface area contributed by atoms with Crippen molar-refractivity contribution in [1.29, 1.82) is 0 Å². The van der Waals surface area contributed by atoms with E-state index in [0.29, 0.717) is 11.8 Å². The highest BCUT2D eigenvalue weighted by Gasteiger charge is 2.36. The molecule has 4 rings (SSSR count). The number of hydrogen-bond acceptors (Lipinski definition) is 6. The summed E-state index contributed by atoms with van der Waals surface area (Å²) in [6, 6.07) is 8.17. The summed E-state index contributed by atoms with van der Waals surface area (Å²) in [5.41, 5.74) is 6.86. The monoisotopic (exact) mass is 460 g/mol. The molecule has 0 saturated heterocycles. The normalized spacial score (nSPS) is 14.6. The molecular formula is C26H36N8. The lowest BCUT2D eigenvalue weighted by molar-refractivity contribution is 0.592. The van der Waals surface area contributed by atoms with E-state index >= 15 is 0 Å². The molecule has 0 spiro atoms. The minimum atomic E-state index is -0.208. The summed E-state index contributed by atoms with van der Waals surface area (Å²) in [6.07, 6.45) is 4.61. The van der Waals surface area contributed by atoms with Crippen LogP contribution in [0.3, 0.4) is 0 Å². The molecule has 1 aliphatic rings. The first kappa shape index (κ1) is 23.9. The van der Waals surface area contributed by atoms with Crippen molar-refractivity contribution in [3.8, 4) is 5.95 Å². The van der Waals surface area contributed by atoms with E-state index in [1.165, 1.54) is 18.4 Å². The number of hydrogen-bond donors (Lipinski definition) is 0. The summed E-state index contributed by atoms with van der Waals surface area (Å²) in [4.78, 5) is 7.04. The number of aryl methyl sites for hydroxylation is 1. The smallest absolute Gasteiger partial charge is 0.273 e. The van der Waals surface area contributed by atoms with Gasteiger partial charge >= 0.3 is 0 Å². The average Bonchev–Trinajstić information content (AvgIpc) is 3.42. The minimum Gasteiger partial charge on any atom is -0.378 e. The second kappa shape index (κ2) is 9.16. The van der Waals surface area contributed by atoms with E-state index in [1.807, 2.05) is 30.9 Å². The molecule has 34 heavy (non-hydrogen) atoms. The summed E-state index contributed by atoms with van der Waals surface area (Å²) >= 11 is 0. The Morgan fingerprint density at radius 1 is 1.00 bits per heavy atom. The maximum absolute atomic E-state index is 4.96. The van der Waals surface area contributed by atoms with Crippen LogP contribution in [0.25, 0.3) is 5.95 Å². The first-order valence-electron chi connectivity index (χ1n) is 12.1. The fraction of sp³-hybridized carbons (Fsp3) is 0.500. The fourth-order valence-electron chi connectivity index (χ4n) is 4.24. The maximum atomic E-state index is 4.96. The Bertz CT molecular complexity index is 1230. The van der Waals surface area contributed by atoms with Gasteiger partial charge in [-0.3, -0.25) is 0 Å². The van der Waals surface area contributed by atoms with Crippen molar-refractivity contribution in [2.24, 2.45) is 15.5 Å². The van der Waals surface area contributed by atoms with Gasteiger partial charge in [0.05, 0.1) is 17.1 Å². The molecule has 0 fully saturated rings. The van der Waals surface area contributed by atoms with E-state index in [0.717, 1.165) is 47.0 Å². The topological polar surface area (TPSA) is 76.5 Å². The van der Waals surface area contributed by atoms with Crippen molar-refractivity contribution in [3.63, 3.8) is 0 Å². The number of aromatic nitrogens is 5. The maximum Gasteiger partial charge on any atom is 0.273 e. The van der Waals surface area contributed by atoms with Gasteiger partial charge in [-0.15, -0.1) is 10.2 Å². The summed E-state index contributed by atoms with van der Waals surface area (Å²) in [5, 5.41) is 18.8. The zero-order valence-electron chi connectivity index (χ0n) is 21.7. The summed E-state index contributed by atoms with van der Waals surface area (Å²) < 4.78 is 3.68. The summed E-state index contributed by atoms with van der Waals surface area (Å²) in [6.45, 7) is 12.8. The zero-order valence-corrected chi connectivity index (χ0v) is 21.7. The van der Waals surface area contributed by atoms with Crippen molar-refractivity contribution in [3.05, 3.63) is 47.0 Å². The predicted molar refractivity (Wildman–Crippen MR) is 139 cm³/mol. The van der Waals surface area contributed by atoms with E-state index in [2.05, 4.69) is 68.8 Å². The molecule has 8 nitrogen and oxygen atoms in total. The highest BCUT2D eigenvalue weighted by molar-refractivity contribution is 6.50. The van der Waals surface area contributed by atoms with Crippen molar-refractivity contribution < 1.29 is 0 Å². The highest BCUT2D eigenvalue weighted by Crippen LogP contribution is 2.29. The molecule has 8 heteroatoms. The van der Waals surface area contributed by atoms with Crippen LogP contribution in [0, 0.1) is 19.3 Å². The van der Waals surface area contributed by atoms with Crippen LogP contribution in [0.15, 0.2) is 34.4 Å². The van der Waals surface area contributed by atoms with E-state index in [4.69, 9.17) is 15.2 Å². The Labute approximate surface area is 202 Å². The van der Waals surface area contributed by atoms with Gasteiger partial charge in [-0.25, -0.2) is 9.67 Å². The molecule has 0 saturated carbocycles. The van der Waals surface area contributed by atoms with E-state index < -0.39 is 0 Å². The van der Waals surface area contributed by atoms with Crippen LogP contribution in [0.1, 0.15) is 69.7 Å². The van der Waals surface area contributed by atoms with Crippen molar-refractivity contribution in [1.82, 2.24) is 24.7 Å². The van der Waals surface area contributed by atoms with Gasteiger partial charge in [0.1, 0.15) is 5.71 Å². The van der Waals surface area contributed by atoms with Gasteiger partial charge in [0.2, 0.25) is 5.82 Å². The van der Waals surface area contributed by atoms with Gasteiger partial charge in [-0.1, -0.05) is 40.5 Å². The van der Waals surface area contributed by atoms with Gasteiger partial charge in [0.15, 0.2) is 0 Å². The third kappa shape index (κ3) is 4.41. The molecule has 3 aromatic rings. The molecule has 0 unspecified atom stereocenters. The molecule has 3 heterocycles. The number of aliphatic imine (C=N–C) groups is 1. The molecule has 0 bridgehead atoms. The molecule has 1 aliphatic heterocycles. The van der Waals surface area contributed by atoms with Crippen molar-refractivity contribution in [2.45, 2.75) is 67.2 Å². The van der Waals surface area contributed by atoms with Crippen molar-refractivity contribution in [2.75, 3.05) is 19.0 Å². The predicted octanol–water partition coefficient (Wildman–Crippen LogP) is 5.26. The largest absolute Gasteiger partial charge is 0.378 e. The lowest BCUT2D eigenvalue weighted by Gasteiger charge is -2.18. The lowest BCUT2D eigenvalue weighted by Crippen LogP contribution is -2.27. The summed E-state index contributed by atoms with van der Waals surface area (Å²) in [5.74, 6) is 1.25. The van der Waals surface area contributed by atoms with Crippen LogP contribution < -0.4 is 4.90 Å². The van der Waals surface area contributed by atoms with Crippen molar-refractivity contribution >= 4 is 22.8 Å². The Hall–Kier alpha value is -3.29. The van der Waals surface area contributed by atoms with E-state index in [9.17, 15) is 0 Å². The molecule has 0 aliphatic carbocycles. The second-order valence-electron chi connectivity index (χ2n) is 10.2. The highest BCUT2D eigenvalue weighted by atomic mass is 15.6. The lowest BCUT2D eigenvalue weighted by atomic mass is 9.87. The minimum absolute atomic E-state index is 0.208. The van der Waals surface area contributed by atoms with Crippen LogP contribution >= 0.6 is 0 Å². The second-order valence-corrected chi connectivity index (χ2v) is 10.2. The van der Waals surface area contributed by atoms with Crippen LogP contribution in [0.4, 0.5) is 11.4 Å². The van der Waals surface area contributed by atoms with E-state index in [1.54, 1.807) is 4.68 Å². The van der Waals surface area contributed by atoms with Gasteiger partial charge in [0.25, 0.3) is 5.95 Å². The number of rotatable bonds is 7. The molecule has 0 amide bonds. The van der Waals surface area contributed by atoms with Crippen LogP contribution in [0.2, 0.25) is 0 Å². The van der Waals surface area contributed by atoms with Gasteiger partial charge in [0, 0.05) is 30.9 Å². The number of fused-ring (bicyclic) bond motifs is 1. The molecule has 180 valence electrons. The van der Waals surface area contributed by atoms with Crippen LogP contribution in [0.5, 0.6) is 0 Å². The average molecular weight is 461 g/mol. The molecule has 2 aromatic heterocycles. The Kier molecular flexibility index (Phi) is 6.43. The number of unbranched alkanes of at least 4 members (excludes halogenated alkanes) is 2. The first-order chi connectivity index (χ1) is 16.1. The SMILES string of the molecule is CCCCCc1c(C)nn(-c2nnc3n2N=C(C(C)(C)C)C3=Nc2ccc(N(C)C)cc2)c1C. The molecule has 0 N–H and O–H groups in total. The molecule has 0 atom stereocenters. The third-order valence-electron chi connectivity index (χ3n) is 6.24. The first-order valence-corrected chi connectivity index (χ1v) is 12.1.